The van der Waals surface area contributed by atoms with Crippen LogP contribution in [0, 0.1) is 6.92 Å². The maximum absolute atomic E-state index is 13.0. The molecule has 2 aromatic heterocycles. The Morgan fingerprint density at radius 2 is 2.24 bits per heavy atom. The van der Waals surface area contributed by atoms with Crippen molar-refractivity contribution in [3.8, 4) is 0 Å². The van der Waals surface area contributed by atoms with E-state index in [-0.39, 0.29) is 24.1 Å². The zero-order valence-corrected chi connectivity index (χ0v) is 19.7. The molecule has 10 heteroatoms. The molecule has 2 fully saturated rings. The second kappa shape index (κ2) is 8.94. The van der Waals surface area contributed by atoms with Gasteiger partial charge in [0.2, 0.25) is 0 Å². The van der Waals surface area contributed by atoms with E-state index in [0.29, 0.717) is 30.2 Å². The number of carbonyl (C=O) groups is 1. The summed E-state index contributed by atoms with van der Waals surface area (Å²) < 4.78 is 11.8. The molecule has 0 bridgehead atoms. The van der Waals surface area contributed by atoms with Gasteiger partial charge in [0, 0.05) is 36.8 Å². The van der Waals surface area contributed by atoms with Crippen molar-refractivity contribution in [1.29, 1.82) is 0 Å². The highest BCUT2D eigenvalue weighted by Crippen LogP contribution is 2.33. The molecule has 0 unspecified atom stereocenters. The molecule has 3 aliphatic heterocycles. The van der Waals surface area contributed by atoms with Crippen molar-refractivity contribution in [2.24, 2.45) is 5.73 Å². The first-order valence-corrected chi connectivity index (χ1v) is 12.1. The van der Waals surface area contributed by atoms with E-state index in [2.05, 4.69) is 26.4 Å². The van der Waals surface area contributed by atoms with Gasteiger partial charge in [0.15, 0.2) is 0 Å². The molecule has 1 amide bonds. The number of nitrogens with one attached hydrogen (secondary N) is 1. The zero-order chi connectivity index (χ0) is 23.1. The molecule has 0 aliphatic carbocycles. The Bertz CT molecular complexity index is 1130. The van der Waals surface area contributed by atoms with Crippen LogP contribution in [0.3, 0.4) is 0 Å². The molecule has 2 saturated heterocycles. The van der Waals surface area contributed by atoms with Crippen LogP contribution in [-0.4, -0.2) is 71.9 Å². The lowest BCUT2D eigenvalue weighted by atomic mass is 10.00. The van der Waals surface area contributed by atoms with Gasteiger partial charge in [0.1, 0.15) is 22.1 Å². The van der Waals surface area contributed by atoms with Crippen molar-refractivity contribution in [3.63, 3.8) is 0 Å². The molecule has 9 nitrogen and oxygen atoms in total. The molecule has 3 aliphatic rings. The minimum atomic E-state index is -0.180. The van der Waals surface area contributed by atoms with Crippen LogP contribution in [0.1, 0.15) is 28.7 Å². The minimum Gasteiger partial charge on any atom is -0.490 e. The smallest absolute Gasteiger partial charge is 0.263 e. The van der Waals surface area contributed by atoms with Gasteiger partial charge in [-0.25, -0.2) is 9.99 Å². The average molecular weight is 471 g/mol. The van der Waals surface area contributed by atoms with Crippen molar-refractivity contribution in [2.75, 3.05) is 38.6 Å². The minimum absolute atomic E-state index is 0.000967. The fourth-order valence-corrected chi connectivity index (χ4v) is 5.62. The van der Waals surface area contributed by atoms with Crippen LogP contribution < -0.4 is 16.8 Å². The van der Waals surface area contributed by atoms with E-state index in [9.17, 15) is 4.79 Å². The van der Waals surface area contributed by atoms with Crippen molar-refractivity contribution in [2.45, 2.75) is 38.5 Å². The van der Waals surface area contributed by atoms with Crippen LogP contribution in [0.2, 0.25) is 0 Å². The summed E-state index contributed by atoms with van der Waals surface area (Å²) in [4.78, 5) is 18.7. The number of ether oxygens (including phenoxy) is 2. The van der Waals surface area contributed by atoms with Crippen LogP contribution >= 0.6 is 11.3 Å². The number of amides is 1. The lowest BCUT2D eigenvalue weighted by Gasteiger charge is -2.36. The van der Waals surface area contributed by atoms with E-state index >= 15 is 0 Å². The predicted octanol–water partition coefficient (Wildman–Crippen LogP) is 1.75. The monoisotopic (exact) mass is 470 g/mol. The van der Waals surface area contributed by atoms with Gasteiger partial charge >= 0.3 is 0 Å². The van der Waals surface area contributed by atoms with E-state index in [0.717, 1.165) is 46.9 Å². The molecule has 5 N–H and O–H groups in total. The summed E-state index contributed by atoms with van der Waals surface area (Å²) in [6, 6.07) is 3.71. The van der Waals surface area contributed by atoms with Gasteiger partial charge in [-0.1, -0.05) is 6.08 Å². The fraction of sp³-hybridized carbons (Fsp3) is 0.478. The van der Waals surface area contributed by atoms with Gasteiger partial charge in [-0.2, -0.15) is 0 Å². The standard InChI is InChI=1S/C23H30N6O3S/c1-3-31-19-11-29(9-17(19)24)28-7-6-14-8-15(12-32-18(14)10-28)27-22(30)21-20(25)16-5-4-13(2)26-23(16)33-21/h4-6,10,15,17,19H,3,7-9,11-12,24-25H2,1-2H3,(H,27,30)/t15-,17+,19+/m1/s1. The number of carbonyl (C=O) groups excluding carboxylic acids is 1. The number of anilines is 1. The van der Waals surface area contributed by atoms with Crippen LogP contribution in [0.25, 0.3) is 10.2 Å². The first-order chi connectivity index (χ1) is 15.9. The van der Waals surface area contributed by atoms with Gasteiger partial charge < -0.3 is 31.3 Å². The number of hydrogen-bond acceptors (Lipinski definition) is 9. The van der Waals surface area contributed by atoms with E-state index in [1.54, 1.807) is 0 Å². The van der Waals surface area contributed by atoms with Crippen molar-refractivity contribution < 1.29 is 14.3 Å². The third-order valence-electron chi connectivity index (χ3n) is 6.32. The summed E-state index contributed by atoms with van der Waals surface area (Å²) in [5.74, 6) is 0.668. The van der Waals surface area contributed by atoms with E-state index in [1.165, 1.54) is 11.3 Å². The number of pyridine rings is 1. The summed E-state index contributed by atoms with van der Waals surface area (Å²) in [6.45, 7) is 7.25. The highest BCUT2D eigenvalue weighted by atomic mass is 32.1. The maximum atomic E-state index is 13.0. The highest BCUT2D eigenvalue weighted by Gasteiger charge is 2.35. The fourth-order valence-electron chi connectivity index (χ4n) is 4.58. The van der Waals surface area contributed by atoms with E-state index in [4.69, 9.17) is 20.9 Å². The van der Waals surface area contributed by atoms with Crippen LogP contribution in [0.5, 0.6) is 0 Å². The van der Waals surface area contributed by atoms with Gasteiger partial charge in [-0.15, -0.1) is 11.3 Å². The lowest BCUT2D eigenvalue weighted by molar-refractivity contribution is 0.0130. The van der Waals surface area contributed by atoms with Crippen molar-refractivity contribution in [3.05, 3.63) is 46.3 Å². The van der Waals surface area contributed by atoms with Gasteiger partial charge in [-0.05, 0) is 38.0 Å². The van der Waals surface area contributed by atoms with Gasteiger partial charge in [-0.3, -0.25) is 4.79 Å². The van der Waals surface area contributed by atoms with Crippen molar-refractivity contribution in [1.82, 2.24) is 20.3 Å². The Hall–Kier alpha value is -2.66. The Balaban J connectivity index is 1.22. The first kappa shape index (κ1) is 22.1. The van der Waals surface area contributed by atoms with E-state index in [1.807, 2.05) is 32.2 Å². The van der Waals surface area contributed by atoms with Crippen LogP contribution in [0.15, 0.2) is 35.7 Å². The topological polar surface area (TPSA) is 119 Å². The number of rotatable bonds is 5. The predicted molar refractivity (Wildman–Crippen MR) is 128 cm³/mol. The number of nitrogens with two attached hydrogens (primary N) is 2. The Kier molecular flexibility index (Phi) is 6.00. The average Bonchev–Trinajstić information content (AvgIpc) is 3.33. The molecule has 5 heterocycles. The molecule has 33 heavy (non-hydrogen) atoms. The summed E-state index contributed by atoms with van der Waals surface area (Å²) in [6.07, 6.45) is 4.96. The highest BCUT2D eigenvalue weighted by molar-refractivity contribution is 7.21. The van der Waals surface area contributed by atoms with Crippen molar-refractivity contribution >= 4 is 33.1 Å². The third kappa shape index (κ3) is 4.31. The summed E-state index contributed by atoms with van der Waals surface area (Å²) in [5.41, 5.74) is 15.0. The largest absolute Gasteiger partial charge is 0.490 e. The molecular weight excluding hydrogens is 440 g/mol. The number of allylic oxidation sites excluding steroid dienone is 1. The number of fused-ring (bicyclic) bond motifs is 2. The number of thiophene rings is 1. The summed E-state index contributed by atoms with van der Waals surface area (Å²) >= 11 is 1.33. The second-order valence-corrected chi connectivity index (χ2v) is 9.71. The molecule has 3 atom stereocenters. The number of nitrogens with zero attached hydrogens (tertiary/aromatic N) is 3. The molecule has 0 aromatic carbocycles. The SMILES string of the molecule is CCO[C@H]1CN(N2C=C3OC[C@H](NC(=O)c4sc5nc(C)ccc5c4N)CC3=CC2)C[C@@H]1N. The number of aromatic nitrogens is 1. The number of nitrogen functional groups attached to an aromatic ring is 1. The second-order valence-electron chi connectivity index (χ2n) is 8.71. The Morgan fingerprint density at radius 1 is 1.39 bits per heavy atom. The Labute approximate surface area is 197 Å². The molecule has 0 radical (unpaired) electrons. The van der Waals surface area contributed by atoms with E-state index < -0.39 is 0 Å². The first-order valence-electron chi connectivity index (χ1n) is 11.3. The summed E-state index contributed by atoms with van der Waals surface area (Å²) in [5, 5.41) is 8.27. The quantitative estimate of drug-likeness (QED) is 0.605. The molecule has 0 saturated carbocycles. The van der Waals surface area contributed by atoms with Gasteiger partial charge in [0.25, 0.3) is 5.91 Å². The Morgan fingerprint density at radius 3 is 3.06 bits per heavy atom. The van der Waals surface area contributed by atoms with Crippen LogP contribution in [-0.2, 0) is 9.47 Å². The van der Waals surface area contributed by atoms with Gasteiger partial charge in [0.05, 0.1) is 30.6 Å². The molecule has 0 spiro atoms. The number of hydrazine groups is 1. The third-order valence-corrected chi connectivity index (χ3v) is 7.44. The van der Waals surface area contributed by atoms with Crippen LogP contribution in [0.4, 0.5) is 5.69 Å². The molecular formula is C23H30N6O3S. The number of aryl methyl sites for hydroxylation is 1. The maximum Gasteiger partial charge on any atom is 0.263 e. The molecule has 176 valence electrons. The molecule has 5 rings (SSSR count). The lowest BCUT2D eigenvalue weighted by Crippen LogP contribution is -2.44. The molecule has 2 aromatic rings. The normalized spacial score (nSPS) is 25.4. The summed E-state index contributed by atoms with van der Waals surface area (Å²) in [7, 11) is 0. The number of hydrogen-bond donors (Lipinski definition) is 3. The zero-order valence-electron chi connectivity index (χ0n) is 18.9.